The first-order valence-corrected chi connectivity index (χ1v) is 8.29. The number of benzene rings is 1. The molecule has 1 N–H and O–H groups in total. The van der Waals surface area contributed by atoms with E-state index in [4.69, 9.17) is 9.26 Å². The summed E-state index contributed by atoms with van der Waals surface area (Å²) in [6.07, 6.45) is 0.110. The van der Waals surface area contributed by atoms with Crippen LogP contribution in [-0.4, -0.2) is 36.1 Å². The highest BCUT2D eigenvalue weighted by atomic mass is 16.5. The molecule has 0 aliphatic carbocycles. The minimum Gasteiger partial charge on any atom is -0.462 e. The number of nitrogens with zero attached hydrogens (tertiary/aromatic N) is 2. The van der Waals surface area contributed by atoms with Crippen molar-refractivity contribution in [1.29, 1.82) is 0 Å². The average molecular weight is 357 g/mol. The fourth-order valence-corrected chi connectivity index (χ4v) is 2.73. The second kappa shape index (κ2) is 7.38. The van der Waals surface area contributed by atoms with E-state index in [1.165, 1.54) is 4.90 Å². The number of nitrogens with one attached hydrogen (secondary N) is 1. The van der Waals surface area contributed by atoms with Crippen LogP contribution in [0.2, 0.25) is 0 Å². The maximum Gasteiger partial charge on any atom is 0.338 e. The first kappa shape index (κ1) is 17.7. The Morgan fingerprint density at radius 2 is 2.08 bits per heavy atom. The van der Waals surface area contributed by atoms with Crippen molar-refractivity contribution in [3.63, 3.8) is 0 Å². The molecule has 1 fully saturated rings. The van der Waals surface area contributed by atoms with Gasteiger partial charge in [-0.3, -0.25) is 14.5 Å². The molecule has 2 amide bonds. The molecule has 1 saturated heterocycles. The Kier molecular flexibility index (Phi) is 5.01. The summed E-state index contributed by atoms with van der Waals surface area (Å²) in [5.41, 5.74) is 0.958. The Morgan fingerprint density at radius 1 is 1.35 bits per heavy atom. The van der Waals surface area contributed by atoms with Gasteiger partial charge in [-0.05, 0) is 38.1 Å². The lowest BCUT2D eigenvalue weighted by Crippen LogP contribution is -2.28. The lowest BCUT2D eigenvalue weighted by Gasteiger charge is -2.13. The molecule has 1 aromatic heterocycles. The molecule has 1 aromatic carbocycles. The number of anilines is 2. The predicted molar refractivity (Wildman–Crippen MR) is 92.7 cm³/mol. The zero-order chi connectivity index (χ0) is 18.7. The largest absolute Gasteiger partial charge is 0.462 e. The molecule has 0 bridgehead atoms. The monoisotopic (exact) mass is 357 g/mol. The second-order valence-corrected chi connectivity index (χ2v) is 5.99. The molecule has 1 atom stereocenters. The molecule has 3 rings (SSSR count). The third kappa shape index (κ3) is 3.74. The quantitative estimate of drug-likeness (QED) is 0.823. The average Bonchev–Trinajstić information content (AvgIpc) is 3.21. The van der Waals surface area contributed by atoms with Gasteiger partial charge in [0.2, 0.25) is 11.8 Å². The third-order valence-electron chi connectivity index (χ3n) is 4.05. The molecule has 1 unspecified atom stereocenters. The second-order valence-electron chi connectivity index (χ2n) is 5.99. The van der Waals surface area contributed by atoms with Crippen molar-refractivity contribution in [3.05, 3.63) is 41.7 Å². The Hall–Kier alpha value is -3.16. The summed E-state index contributed by atoms with van der Waals surface area (Å²) in [6, 6.07) is 8.07. The highest BCUT2D eigenvalue weighted by Crippen LogP contribution is 2.25. The number of rotatable bonds is 5. The van der Waals surface area contributed by atoms with Gasteiger partial charge in [0.25, 0.3) is 0 Å². The van der Waals surface area contributed by atoms with Crippen molar-refractivity contribution in [1.82, 2.24) is 5.16 Å². The smallest absolute Gasteiger partial charge is 0.338 e. The Labute approximate surface area is 150 Å². The number of carbonyl (C=O) groups is 3. The fourth-order valence-electron chi connectivity index (χ4n) is 2.73. The van der Waals surface area contributed by atoms with Crippen LogP contribution in [0.1, 0.15) is 29.5 Å². The minimum atomic E-state index is -0.482. The molecule has 2 aromatic rings. The van der Waals surface area contributed by atoms with E-state index in [1.807, 2.05) is 0 Å². The standard InChI is InChI=1S/C18H19N3O5/c1-3-25-18(24)12-4-6-14(7-5-12)19-17(23)13-9-16(22)21(10-13)15-8-11(2)26-20-15/h4-8,13H,3,9-10H2,1-2H3,(H,19,23). The van der Waals surface area contributed by atoms with Crippen molar-refractivity contribution >= 4 is 29.3 Å². The molecular weight excluding hydrogens is 338 g/mol. The van der Waals surface area contributed by atoms with E-state index in [0.29, 0.717) is 29.4 Å². The van der Waals surface area contributed by atoms with E-state index in [1.54, 1.807) is 44.2 Å². The summed E-state index contributed by atoms with van der Waals surface area (Å²) >= 11 is 0. The maximum absolute atomic E-state index is 12.4. The lowest BCUT2D eigenvalue weighted by atomic mass is 10.1. The van der Waals surface area contributed by atoms with E-state index in [2.05, 4.69) is 10.5 Å². The highest BCUT2D eigenvalue weighted by molar-refractivity contribution is 6.03. The Morgan fingerprint density at radius 3 is 2.69 bits per heavy atom. The molecule has 26 heavy (non-hydrogen) atoms. The normalized spacial score (nSPS) is 16.6. The molecule has 2 heterocycles. The summed E-state index contributed by atoms with van der Waals surface area (Å²) in [4.78, 5) is 37.7. The summed E-state index contributed by atoms with van der Waals surface area (Å²) in [5.74, 6) is -0.306. The van der Waals surface area contributed by atoms with Gasteiger partial charge in [-0.2, -0.15) is 0 Å². The molecular formula is C18H19N3O5. The SMILES string of the molecule is CCOC(=O)c1ccc(NC(=O)C2CC(=O)N(c3cc(C)on3)C2)cc1. The zero-order valence-corrected chi connectivity index (χ0v) is 14.5. The first-order valence-electron chi connectivity index (χ1n) is 8.29. The summed E-state index contributed by atoms with van der Waals surface area (Å²) in [6.45, 7) is 4.02. The molecule has 0 radical (unpaired) electrons. The molecule has 0 spiro atoms. The van der Waals surface area contributed by atoms with Crippen LogP contribution >= 0.6 is 0 Å². The summed E-state index contributed by atoms with van der Waals surface area (Å²) in [5, 5.41) is 6.59. The molecule has 8 heteroatoms. The number of aromatic nitrogens is 1. The number of aryl methyl sites for hydroxylation is 1. The van der Waals surface area contributed by atoms with Crippen LogP contribution in [0.25, 0.3) is 0 Å². The fraction of sp³-hybridized carbons (Fsp3) is 0.333. The molecule has 0 saturated carbocycles. The van der Waals surface area contributed by atoms with Crippen LogP contribution in [0.4, 0.5) is 11.5 Å². The van der Waals surface area contributed by atoms with Gasteiger partial charge in [-0.25, -0.2) is 4.79 Å². The molecule has 1 aliphatic rings. The van der Waals surface area contributed by atoms with Crippen molar-refractivity contribution in [2.75, 3.05) is 23.4 Å². The zero-order valence-electron chi connectivity index (χ0n) is 14.5. The Bertz CT molecular complexity index is 828. The lowest BCUT2D eigenvalue weighted by molar-refractivity contribution is -0.122. The van der Waals surface area contributed by atoms with E-state index < -0.39 is 11.9 Å². The molecule has 1 aliphatic heterocycles. The van der Waals surface area contributed by atoms with E-state index in [-0.39, 0.29) is 24.8 Å². The van der Waals surface area contributed by atoms with E-state index in [0.717, 1.165) is 0 Å². The van der Waals surface area contributed by atoms with Crippen LogP contribution in [-0.2, 0) is 14.3 Å². The van der Waals surface area contributed by atoms with Crippen LogP contribution in [0.3, 0.4) is 0 Å². The van der Waals surface area contributed by atoms with E-state index in [9.17, 15) is 14.4 Å². The van der Waals surface area contributed by atoms with Gasteiger partial charge in [0.1, 0.15) is 5.76 Å². The number of hydrogen-bond acceptors (Lipinski definition) is 6. The van der Waals surface area contributed by atoms with E-state index >= 15 is 0 Å². The van der Waals surface area contributed by atoms with Gasteiger partial charge in [0, 0.05) is 24.7 Å². The Balaban J connectivity index is 1.62. The van der Waals surface area contributed by atoms with Crippen LogP contribution in [0.15, 0.2) is 34.9 Å². The first-order chi connectivity index (χ1) is 12.5. The van der Waals surface area contributed by atoms with Crippen LogP contribution in [0, 0.1) is 12.8 Å². The third-order valence-corrected chi connectivity index (χ3v) is 4.05. The van der Waals surface area contributed by atoms with Gasteiger partial charge < -0.3 is 14.6 Å². The number of carbonyl (C=O) groups excluding carboxylic acids is 3. The van der Waals surface area contributed by atoms with Gasteiger partial charge in [-0.15, -0.1) is 0 Å². The number of amides is 2. The van der Waals surface area contributed by atoms with Gasteiger partial charge in [-0.1, -0.05) is 5.16 Å². The number of esters is 1. The van der Waals surface area contributed by atoms with Gasteiger partial charge in [0.15, 0.2) is 5.82 Å². The van der Waals surface area contributed by atoms with Crippen molar-refractivity contribution in [2.45, 2.75) is 20.3 Å². The van der Waals surface area contributed by atoms with Crippen molar-refractivity contribution in [2.24, 2.45) is 5.92 Å². The molecule has 136 valence electrons. The minimum absolute atomic E-state index is 0.110. The van der Waals surface area contributed by atoms with Crippen LogP contribution < -0.4 is 10.2 Å². The number of hydrogen-bond donors (Lipinski definition) is 1. The van der Waals surface area contributed by atoms with Gasteiger partial charge in [0.05, 0.1) is 18.1 Å². The highest BCUT2D eigenvalue weighted by Gasteiger charge is 2.36. The van der Waals surface area contributed by atoms with Gasteiger partial charge >= 0.3 is 5.97 Å². The summed E-state index contributed by atoms with van der Waals surface area (Å²) in [7, 11) is 0. The topological polar surface area (TPSA) is 102 Å². The maximum atomic E-state index is 12.4. The predicted octanol–water partition coefficient (Wildman–Crippen LogP) is 2.15. The molecule has 8 nitrogen and oxygen atoms in total. The summed E-state index contributed by atoms with van der Waals surface area (Å²) < 4.78 is 9.90. The van der Waals surface area contributed by atoms with Crippen molar-refractivity contribution in [3.8, 4) is 0 Å². The number of ether oxygens (including phenoxy) is 1. The van der Waals surface area contributed by atoms with Crippen LogP contribution in [0.5, 0.6) is 0 Å². The van der Waals surface area contributed by atoms with Crippen molar-refractivity contribution < 1.29 is 23.6 Å².